The molecule has 0 aliphatic rings. The van der Waals surface area contributed by atoms with Crippen LogP contribution in [0.4, 0.5) is 11.5 Å². The summed E-state index contributed by atoms with van der Waals surface area (Å²) in [4.78, 5) is 5.37. The summed E-state index contributed by atoms with van der Waals surface area (Å²) in [7, 11) is 0. The van der Waals surface area contributed by atoms with Gasteiger partial charge in [-0.3, -0.25) is 0 Å². The van der Waals surface area contributed by atoms with Crippen molar-refractivity contribution in [1.82, 2.24) is 4.98 Å². The Morgan fingerprint density at radius 1 is 1.40 bits per heavy atom. The Bertz CT molecular complexity index is 433. The molecule has 3 N–H and O–H groups in total. The Kier molecular flexibility index (Phi) is 2.87. The van der Waals surface area contributed by atoms with Crippen molar-refractivity contribution in [2.45, 2.75) is 13.5 Å². The van der Waals surface area contributed by atoms with E-state index >= 15 is 0 Å². The first-order valence-corrected chi connectivity index (χ1v) is 5.62. The van der Waals surface area contributed by atoms with Gasteiger partial charge in [0.1, 0.15) is 5.82 Å². The van der Waals surface area contributed by atoms with Crippen LogP contribution < -0.4 is 11.1 Å². The quantitative estimate of drug-likeness (QED) is 0.834. The van der Waals surface area contributed by atoms with Crippen molar-refractivity contribution in [3.05, 3.63) is 40.2 Å². The van der Waals surface area contributed by atoms with Crippen molar-refractivity contribution in [3.63, 3.8) is 0 Å². The molecular formula is C11H13N3S. The van der Waals surface area contributed by atoms with Crippen LogP contribution in [-0.2, 0) is 6.54 Å². The molecule has 15 heavy (non-hydrogen) atoms. The number of anilines is 2. The maximum absolute atomic E-state index is 5.50. The maximum atomic E-state index is 5.50. The Morgan fingerprint density at radius 3 is 2.87 bits per heavy atom. The van der Waals surface area contributed by atoms with E-state index in [2.05, 4.69) is 28.7 Å². The van der Waals surface area contributed by atoms with Gasteiger partial charge in [-0.1, -0.05) is 0 Å². The van der Waals surface area contributed by atoms with Crippen molar-refractivity contribution in [2.24, 2.45) is 0 Å². The summed E-state index contributed by atoms with van der Waals surface area (Å²) in [6, 6.07) is 5.86. The molecule has 2 aromatic rings. The number of nitrogens with one attached hydrogen (secondary N) is 1. The van der Waals surface area contributed by atoms with Gasteiger partial charge in [-0.15, -0.1) is 11.3 Å². The second kappa shape index (κ2) is 4.31. The molecule has 0 aromatic carbocycles. The van der Waals surface area contributed by atoms with Crippen LogP contribution in [0, 0.1) is 6.92 Å². The molecule has 78 valence electrons. The van der Waals surface area contributed by atoms with E-state index < -0.39 is 0 Å². The molecule has 0 atom stereocenters. The van der Waals surface area contributed by atoms with Gasteiger partial charge in [0.2, 0.25) is 0 Å². The van der Waals surface area contributed by atoms with E-state index in [9.17, 15) is 0 Å². The summed E-state index contributed by atoms with van der Waals surface area (Å²) >= 11 is 1.76. The SMILES string of the molecule is Cc1ccsc1CNc1ccc(N)nc1. The Labute approximate surface area is 93.0 Å². The van der Waals surface area contributed by atoms with Gasteiger partial charge in [0.05, 0.1) is 11.9 Å². The van der Waals surface area contributed by atoms with Gasteiger partial charge in [-0.05, 0) is 36.1 Å². The summed E-state index contributed by atoms with van der Waals surface area (Å²) in [6.45, 7) is 2.96. The molecule has 2 aromatic heterocycles. The highest BCUT2D eigenvalue weighted by Crippen LogP contribution is 2.17. The molecule has 0 radical (unpaired) electrons. The third kappa shape index (κ3) is 2.47. The summed E-state index contributed by atoms with van der Waals surface area (Å²) in [5.41, 5.74) is 7.83. The predicted octanol–water partition coefficient (Wildman–Crippen LogP) is 2.65. The summed E-state index contributed by atoms with van der Waals surface area (Å²) < 4.78 is 0. The largest absolute Gasteiger partial charge is 0.384 e. The number of nitrogen functional groups attached to an aromatic ring is 1. The number of pyridine rings is 1. The van der Waals surface area contributed by atoms with Crippen LogP contribution in [0.5, 0.6) is 0 Å². The molecule has 0 aliphatic carbocycles. The molecule has 0 saturated carbocycles. The highest BCUT2D eigenvalue weighted by molar-refractivity contribution is 7.10. The van der Waals surface area contributed by atoms with Crippen molar-refractivity contribution in [2.75, 3.05) is 11.1 Å². The van der Waals surface area contributed by atoms with Crippen LogP contribution in [0.2, 0.25) is 0 Å². The molecule has 0 fully saturated rings. The highest BCUT2D eigenvalue weighted by atomic mass is 32.1. The second-order valence-corrected chi connectivity index (χ2v) is 4.35. The average molecular weight is 219 g/mol. The van der Waals surface area contributed by atoms with Gasteiger partial charge < -0.3 is 11.1 Å². The highest BCUT2D eigenvalue weighted by Gasteiger charge is 1.99. The van der Waals surface area contributed by atoms with Crippen molar-refractivity contribution < 1.29 is 0 Å². The van der Waals surface area contributed by atoms with Crippen LogP contribution in [0.3, 0.4) is 0 Å². The Hall–Kier alpha value is -1.55. The van der Waals surface area contributed by atoms with E-state index in [1.54, 1.807) is 23.6 Å². The van der Waals surface area contributed by atoms with Crippen molar-refractivity contribution in [1.29, 1.82) is 0 Å². The minimum absolute atomic E-state index is 0.549. The van der Waals surface area contributed by atoms with E-state index in [1.807, 2.05) is 6.07 Å². The van der Waals surface area contributed by atoms with Gasteiger partial charge >= 0.3 is 0 Å². The molecule has 0 aliphatic heterocycles. The number of nitrogens with two attached hydrogens (primary N) is 1. The lowest BCUT2D eigenvalue weighted by atomic mass is 10.3. The third-order valence-electron chi connectivity index (χ3n) is 2.21. The van der Waals surface area contributed by atoms with Crippen molar-refractivity contribution >= 4 is 22.8 Å². The molecular weight excluding hydrogens is 206 g/mol. The molecule has 0 bridgehead atoms. The van der Waals surface area contributed by atoms with E-state index in [0.29, 0.717) is 5.82 Å². The summed E-state index contributed by atoms with van der Waals surface area (Å²) in [6.07, 6.45) is 1.75. The molecule has 0 saturated heterocycles. The summed E-state index contributed by atoms with van der Waals surface area (Å²) in [5, 5.41) is 5.41. The lowest BCUT2D eigenvalue weighted by Gasteiger charge is -2.05. The van der Waals surface area contributed by atoms with Gasteiger partial charge in [-0.2, -0.15) is 0 Å². The first-order chi connectivity index (χ1) is 7.25. The maximum Gasteiger partial charge on any atom is 0.123 e. The molecule has 0 amide bonds. The van der Waals surface area contributed by atoms with Crippen LogP contribution >= 0.6 is 11.3 Å². The molecule has 4 heteroatoms. The minimum atomic E-state index is 0.549. The standard InChI is InChI=1S/C11H13N3S/c1-8-4-5-15-10(8)7-13-9-2-3-11(12)14-6-9/h2-6,13H,7H2,1H3,(H2,12,14). The Balaban J connectivity index is 1.99. The monoisotopic (exact) mass is 219 g/mol. The zero-order valence-electron chi connectivity index (χ0n) is 8.53. The molecule has 0 unspecified atom stereocenters. The van der Waals surface area contributed by atoms with Crippen LogP contribution in [-0.4, -0.2) is 4.98 Å². The van der Waals surface area contributed by atoms with Gasteiger partial charge in [0.25, 0.3) is 0 Å². The van der Waals surface area contributed by atoms with Crippen LogP contribution in [0.15, 0.2) is 29.8 Å². The van der Waals surface area contributed by atoms with Crippen LogP contribution in [0.1, 0.15) is 10.4 Å². The Morgan fingerprint density at radius 2 is 2.27 bits per heavy atom. The van der Waals surface area contributed by atoms with E-state index in [0.717, 1.165) is 12.2 Å². The smallest absolute Gasteiger partial charge is 0.123 e. The predicted molar refractivity (Wildman–Crippen MR) is 65.0 cm³/mol. The van der Waals surface area contributed by atoms with Crippen molar-refractivity contribution in [3.8, 4) is 0 Å². The number of aromatic nitrogens is 1. The number of nitrogens with zero attached hydrogens (tertiary/aromatic N) is 1. The van der Waals surface area contributed by atoms with E-state index in [-0.39, 0.29) is 0 Å². The number of aryl methyl sites for hydroxylation is 1. The molecule has 3 nitrogen and oxygen atoms in total. The first kappa shape index (κ1) is 9.98. The normalized spacial score (nSPS) is 10.2. The van der Waals surface area contributed by atoms with E-state index in [4.69, 9.17) is 5.73 Å². The lowest BCUT2D eigenvalue weighted by Crippen LogP contribution is -1.99. The fourth-order valence-corrected chi connectivity index (χ4v) is 2.12. The fraction of sp³-hybridized carbons (Fsp3) is 0.182. The molecule has 2 rings (SSSR count). The minimum Gasteiger partial charge on any atom is -0.384 e. The zero-order chi connectivity index (χ0) is 10.7. The van der Waals surface area contributed by atoms with Crippen LogP contribution in [0.25, 0.3) is 0 Å². The summed E-state index contributed by atoms with van der Waals surface area (Å²) in [5.74, 6) is 0.549. The van der Waals surface area contributed by atoms with E-state index in [1.165, 1.54) is 10.4 Å². The third-order valence-corrected chi connectivity index (χ3v) is 3.23. The first-order valence-electron chi connectivity index (χ1n) is 4.74. The second-order valence-electron chi connectivity index (χ2n) is 3.35. The number of hydrogen-bond donors (Lipinski definition) is 2. The van der Waals surface area contributed by atoms with Gasteiger partial charge in [0, 0.05) is 11.4 Å². The average Bonchev–Trinajstić information content (AvgIpc) is 2.63. The number of hydrogen-bond acceptors (Lipinski definition) is 4. The molecule has 2 heterocycles. The van der Waals surface area contributed by atoms with Gasteiger partial charge in [0.15, 0.2) is 0 Å². The number of thiophene rings is 1. The number of rotatable bonds is 3. The topological polar surface area (TPSA) is 50.9 Å². The fourth-order valence-electron chi connectivity index (χ4n) is 1.28. The molecule has 0 spiro atoms. The van der Waals surface area contributed by atoms with Gasteiger partial charge in [-0.25, -0.2) is 4.98 Å². The zero-order valence-corrected chi connectivity index (χ0v) is 9.34. The lowest BCUT2D eigenvalue weighted by molar-refractivity contribution is 1.15.